The lowest BCUT2D eigenvalue weighted by molar-refractivity contribution is -0.122. The van der Waals surface area contributed by atoms with Crippen LogP contribution in [-0.4, -0.2) is 43.4 Å². The second-order valence-corrected chi connectivity index (χ2v) is 4.74. The van der Waals surface area contributed by atoms with Gasteiger partial charge in [0, 0.05) is 13.1 Å². The summed E-state index contributed by atoms with van der Waals surface area (Å²) in [5.74, 6) is 0.794. The minimum Gasteiger partial charge on any atom is -0.497 e. The van der Waals surface area contributed by atoms with Crippen molar-refractivity contribution in [2.24, 2.45) is 0 Å². The standard InChI is InChI=1S/C14H20N2O3/c1-19-12-4-2-10(3-5-12)6-7-15-14(18)13-8-11(17)9-16-13/h2-5,11,13,16-17H,6-9H2,1H3,(H,15,18)/t11-,13-/m0/s1. The van der Waals surface area contributed by atoms with Gasteiger partial charge in [0.05, 0.1) is 19.3 Å². The molecule has 1 heterocycles. The molecule has 2 atom stereocenters. The Morgan fingerprint density at radius 3 is 2.79 bits per heavy atom. The lowest BCUT2D eigenvalue weighted by Gasteiger charge is -2.11. The summed E-state index contributed by atoms with van der Waals surface area (Å²) >= 11 is 0. The van der Waals surface area contributed by atoms with E-state index in [9.17, 15) is 9.90 Å². The number of carbonyl (C=O) groups excluding carboxylic acids is 1. The van der Waals surface area contributed by atoms with E-state index in [4.69, 9.17) is 4.74 Å². The first-order valence-corrected chi connectivity index (χ1v) is 6.51. The van der Waals surface area contributed by atoms with Crippen LogP contribution >= 0.6 is 0 Å². The SMILES string of the molecule is COc1ccc(CCNC(=O)[C@@H]2C[C@H](O)CN2)cc1. The third kappa shape index (κ3) is 3.94. The summed E-state index contributed by atoms with van der Waals surface area (Å²) in [5, 5.41) is 15.2. The molecule has 3 N–H and O–H groups in total. The zero-order valence-electron chi connectivity index (χ0n) is 11.1. The van der Waals surface area contributed by atoms with Gasteiger partial charge in [-0.2, -0.15) is 0 Å². The number of amides is 1. The van der Waals surface area contributed by atoms with E-state index in [-0.39, 0.29) is 11.9 Å². The number of benzene rings is 1. The first-order valence-electron chi connectivity index (χ1n) is 6.51. The molecule has 104 valence electrons. The van der Waals surface area contributed by atoms with E-state index >= 15 is 0 Å². The van der Waals surface area contributed by atoms with E-state index < -0.39 is 6.10 Å². The fourth-order valence-electron chi connectivity index (χ4n) is 2.16. The Labute approximate surface area is 113 Å². The average Bonchev–Trinajstić information content (AvgIpc) is 2.86. The molecule has 1 aromatic rings. The number of aliphatic hydroxyl groups is 1. The van der Waals surface area contributed by atoms with Crippen molar-refractivity contribution in [2.45, 2.75) is 25.0 Å². The van der Waals surface area contributed by atoms with Gasteiger partial charge < -0.3 is 20.5 Å². The van der Waals surface area contributed by atoms with Crippen molar-refractivity contribution in [3.8, 4) is 5.75 Å². The van der Waals surface area contributed by atoms with Crippen molar-refractivity contribution >= 4 is 5.91 Å². The molecule has 0 bridgehead atoms. The number of rotatable bonds is 5. The van der Waals surface area contributed by atoms with Gasteiger partial charge in [-0.1, -0.05) is 12.1 Å². The molecule has 1 saturated heterocycles. The van der Waals surface area contributed by atoms with E-state index in [1.54, 1.807) is 7.11 Å². The third-order valence-electron chi connectivity index (χ3n) is 3.30. The van der Waals surface area contributed by atoms with Crippen LogP contribution in [-0.2, 0) is 11.2 Å². The number of ether oxygens (including phenoxy) is 1. The van der Waals surface area contributed by atoms with Crippen molar-refractivity contribution in [3.05, 3.63) is 29.8 Å². The largest absolute Gasteiger partial charge is 0.497 e. The van der Waals surface area contributed by atoms with E-state index in [1.807, 2.05) is 24.3 Å². The van der Waals surface area contributed by atoms with Crippen LogP contribution in [0.15, 0.2) is 24.3 Å². The highest BCUT2D eigenvalue weighted by Gasteiger charge is 2.27. The van der Waals surface area contributed by atoms with Crippen molar-refractivity contribution in [2.75, 3.05) is 20.2 Å². The summed E-state index contributed by atoms with van der Waals surface area (Å²) in [7, 11) is 1.64. The molecule has 19 heavy (non-hydrogen) atoms. The van der Waals surface area contributed by atoms with Crippen LogP contribution in [0.5, 0.6) is 5.75 Å². The predicted molar refractivity (Wildman–Crippen MR) is 72.1 cm³/mol. The molecule has 0 radical (unpaired) electrons. The molecule has 1 aromatic carbocycles. The molecule has 1 amide bonds. The number of methoxy groups -OCH3 is 1. The fourth-order valence-corrected chi connectivity index (χ4v) is 2.16. The lowest BCUT2D eigenvalue weighted by Crippen LogP contribution is -2.41. The van der Waals surface area contributed by atoms with Gasteiger partial charge in [0.15, 0.2) is 0 Å². The molecular weight excluding hydrogens is 244 g/mol. The smallest absolute Gasteiger partial charge is 0.237 e. The molecule has 0 aromatic heterocycles. The van der Waals surface area contributed by atoms with Gasteiger partial charge in [-0.25, -0.2) is 0 Å². The first kappa shape index (κ1) is 13.8. The minimum atomic E-state index is -0.405. The molecule has 1 fully saturated rings. The monoisotopic (exact) mass is 264 g/mol. The van der Waals surface area contributed by atoms with Crippen molar-refractivity contribution in [1.29, 1.82) is 0 Å². The normalized spacial score (nSPS) is 22.2. The third-order valence-corrected chi connectivity index (χ3v) is 3.30. The highest BCUT2D eigenvalue weighted by atomic mass is 16.5. The summed E-state index contributed by atoms with van der Waals surface area (Å²) in [5.41, 5.74) is 1.15. The lowest BCUT2D eigenvalue weighted by atomic mass is 10.1. The second-order valence-electron chi connectivity index (χ2n) is 4.74. The summed E-state index contributed by atoms with van der Waals surface area (Å²) in [4.78, 5) is 11.8. The Morgan fingerprint density at radius 1 is 1.47 bits per heavy atom. The maximum atomic E-state index is 11.8. The molecule has 1 aliphatic heterocycles. The van der Waals surface area contributed by atoms with Gasteiger partial charge >= 0.3 is 0 Å². The quantitative estimate of drug-likeness (QED) is 0.704. The van der Waals surface area contributed by atoms with Crippen molar-refractivity contribution in [3.63, 3.8) is 0 Å². The minimum absolute atomic E-state index is 0.0370. The summed E-state index contributed by atoms with van der Waals surface area (Å²) in [6, 6.07) is 7.54. The summed E-state index contributed by atoms with van der Waals surface area (Å²) in [6.45, 7) is 1.09. The number of nitrogens with one attached hydrogen (secondary N) is 2. The molecule has 0 spiro atoms. The Kier molecular flexibility index (Phi) is 4.76. The molecule has 1 aliphatic rings. The number of aliphatic hydroxyl groups excluding tert-OH is 1. The topological polar surface area (TPSA) is 70.6 Å². The molecular formula is C14H20N2O3. The van der Waals surface area contributed by atoms with Gasteiger partial charge in [-0.15, -0.1) is 0 Å². The van der Waals surface area contributed by atoms with Crippen molar-refractivity contribution in [1.82, 2.24) is 10.6 Å². The van der Waals surface area contributed by atoms with E-state index in [0.717, 1.165) is 17.7 Å². The maximum Gasteiger partial charge on any atom is 0.237 e. The van der Waals surface area contributed by atoms with Crippen LogP contribution in [0, 0.1) is 0 Å². The number of carbonyl (C=O) groups is 1. The van der Waals surface area contributed by atoms with Gasteiger partial charge in [0.1, 0.15) is 5.75 Å². The van der Waals surface area contributed by atoms with Crippen molar-refractivity contribution < 1.29 is 14.6 Å². The zero-order chi connectivity index (χ0) is 13.7. The molecule has 5 nitrogen and oxygen atoms in total. The molecule has 5 heteroatoms. The first-order chi connectivity index (χ1) is 9.19. The Morgan fingerprint density at radius 2 is 2.21 bits per heavy atom. The van der Waals surface area contributed by atoms with Crippen LogP contribution in [0.3, 0.4) is 0 Å². The Hall–Kier alpha value is -1.59. The maximum absolute atomic E-state index is 11.8. The second kappa shape index (κ2) is 6.54. The zero-order valence-corrected chi connectivity index (χ0v) is 11.1. The highest BCUT2D eigenvalue weighted by molar-refractivity contribution is 5.82. The van der Waals surface area contributed by atoms with Crippen LogP contribution in [0.1, 0.15) is 12.0 Å². The average molecular weight is 264 g/mol. The van der Waals surface area contributed by atoms with Crippen LogP contribution in [0.4, 0.5) is 0 Å². The Balaban J connectivity index is 1.72. The van der Waals surface area contributed by atoms with Crippen LogP contribution in [0.25, 0.3) is 0 Å². The van der Waals surface area contributed by atoms with E-state index in [2.05, 4.69) is 10.6 Å². The summed E-state index contributed by atoms with van der Waals surface area (Å²) < 4.78 is 5.09. The van der Waals surface area contributed by atoms with Gasteiger partial charge in [0.2, 0.25) is 5.91 Å². The molecule has 0 saturated carbocycles. The molecule has 0 aliphatic carbocycles. The predicted octanol–water partition coefficient (Wildman–Crippen LogP) is 0.0767. The van der Waals surface area contributed by atoms with E-state index in [1.165, 1.54) is 0 Å². The number of hydrogen-bond donors (Lipinski definition) is 3. The number of hydrogen-bond acceptors (Lipinski definition) is 4. The fraction of sp³-hybridized carbons (Fsp3) is 0.500. The van der Waals surface area contributed by atoms with Crippen LogP contribution in [0.2, 0.25) is 0 Å². The van der Waals surface area contributed by atoms with Gasteiger partial charge in [0.25, 0.3) is 0 Å². The van der Waals surface area contributed by atoms with E-state index in [0.29, 0.717) is 19.5 Å². The highest BCUT2D eigenvalue weighted by Crippen LogP contribution is 2.11. The van der Waals surface area contributed by atoms with Gasteiger partial charge in [-0.3, -0.25) is 4.79 Å². The Bertz CT molecular complexity index is 419. The molecule has 2 rings (SSSR count). The van der Waals surface area contributed by atoms with Gasteiger partial charge in [-0.05, 0) is 30.5 Å². The summed E-state index contributed by atoms with van der Waals surface area (Å²) in [6.07, 6.45) is 0.872. The number of β-amino-alcohol motifs (C(OH)–C–C–N with tert-alkyl or cyclic N) is 1. The van der Waals surface area contributed by atoms with Crippen LogP contribution < -0.4 is 15.4 Å². The molecule has 0 unspecified atom stereocenters.